The summed E-state index contributed by atoms with van der Waals surface area (Å²) < 4.78 is 39.3. The molecule has 0 unspecified atom stereocenters. The van der Waals surface area contributed by atoms with E-state index in [1.165, 1.54) is 29.6 Å². The SMILES string of the molecule is CC[C@H]1c2ccsc2CCN1C(=O)CN(C)S(=O)(=O)c1ccc(F)cc1. The van der Waals surface area contributed by atoms with Crippen molar-refractivity contribution in [1.29, 1.82) is 0 Å². The molecule has 2 heterocycles. The normalized spacial score (nSPS) is 17.4. The van der Waals surface area contributed by atoms with Crippen molar-refractivity contribution < 1.29 is 17.6 Å². The smallest absolute Gasteiger partial charge is 0.243 e. The first-order chi connectivity index (χ1) is 12.3. The van der Waals surface area contributed by atoms with E-state index in [1.54, 1.807) is 16.2 Å². The van der Waals surface area contributed by atoms with Gasteiger partial charge in [0.15, 0.2) is 0 Å². The van der Waals surface area contributed by atoms with Gasteiger partial charge in [-0.25, -0.2) is 12.8 Å². The molecule has 0 N–H and O–H groups in total. The lowest BCUT2D eigenvalue weighted by Crippen LogP contribution is -2.45. The minimum Gasteiger partial charge on any atom is -0.334 e. The lowest BCUT2D eigenvalue weighted by Gasteiger charge is -2.36. The second-order valence-corrected chi connectivity index (χ2v) is 9.32. The molecule has 3 rings (SSSR count). The number of fused-ring (bicyclic) bond motifs is 1. The molecule has 0 radical (unpaired) electrons. The van der Waals surface area contributed by atoms with Gasteiger partial charge in [-0.1, -0.05) is 6.92 Å². The number of halogens is 1. The second-order valence-electron chi connectivity index (χ2n) is 6.28. The zero-order chi connectivity index (χ0) is 18.9. The van der Waals surface area contributed by atoms with Crippen LogP contribution in [-0.2, 0) is 21.2 Å². The molecule has 1 amide bonds. The number of benzene rings is 1. The summed E-state index contributed by atoms with van der Waals surface area (Å²) in [6, 6.07) is 6.64. The minimum absolute atomic E-state index is 0.0144. The molecule has 0 saturated carbocycles. The van der Waals surface area contributed by atoms with Crippen molar-refractivity contribution in [3.8, 4) is 0 Å². The van der Waals surface area contributed by atoms with E-state index in [9.17, 15) is 17.6 Å². The number of nitrogens with zero attached hydrogens (tertiary/aromatic N) is 2. The fourth-order valence-corrected chi connectivity index (χ4v) is 5.34. The van der Waals surface area contributed by atoms with Crippen molar-refractivity contribution in [2.24, 2.45) is 0 Å². The van der Waals surface area contributed by atoms with Gasteiger partial charge in [0.05, 0.1) is 17.5 Å². The van der Waals surface area contributed by atoms with Crippen LogP contribution < -0.4 is 0 Å². The number of carbonyl (C=O) groups is 1. The number of rotatable bonds is 5. The Balaban J connectivity index is 1.76. The van der Waals surface area contributed by atoms with Gasteiger partial charge >= 0.3 is 0 Å². The van der Waals surface area contributed by atoms with Crippen LogP contribution in [0.15, 0.2) is 40.6 Å². The summed E-state index contributed by atoms with van der Waals surface area (Å²) >= 11 is 1.70. The fourth-order valence-electron chi connectivity index (χ4n) is 3.29. The van der Waals surface area contributed by atoms with E-state index in [0.29, 0.717) is 6.54 Å². The number of likely N-dealkylation sites (N-methyl/N-ethyl adjacent to an activating group) is 1. The summed E-state index contributed by atoms with van der Waals surface area (Å²) in [5.41, 5.74) is 1.17. The van der Waals surface area contributed by atoms with E-state index in [1.807, 2.05) is 18.4 Å². The third-order valence-corrected chi connectivity index (χ3v) is 7.50. The van der Waals surface area contributed by atoms with Crippen LogP contribution in [0.3, 0.4) is 0 Å². The Morgan fingerprint density at radius 2 is 2.00 bits per heavy atom. The summed E-state index contributed by atoms with van der Waals surface area (Å²) in [4.78, 5) is 15.8. The van der Waals surface area contributed by atoms with E-state index >= 15 is 0 Å². The second kappa shape index (κ2) is 7.46. The number of amides is 1. The largest absolute Gasteiger partial charge is 0.334 e. The van der Waals surface area contributed by atoms with Crippen LogP contribution in [0.1, 0.15) is 29.8 Å². The van der Waals surface area contributed by atoms with Gasteiger partial charge in [0.25, 0.3) is 0 Å². The number of hydrogen-bond acceptors (Lipinski definition) is 4. The molecule has 0 fully saturated rings. The van der Waals surface area contributed by atoms with Gasteiger partial charge in [-0.15, -0.1) is 11.3 Å². The van der Waals surface area contributed by atoms with E-state index < -0.39 is 15.8 Å². The summed E-state index contributed by atoms with van der Waals surface area (Å²) in [5, 5.41) is 2.03. The third kappa shape index (κ3) is 3.54. The van der Waals surface area contributed by atoms with Crippen LogP contribution in [0, 0.1) is 5.82 Å². The first-order valence-corrected chi connectivity index (χ1v) is 10.7. The molecule has 0 saturated heterocycles. The van der Waals surface area contributed by atoms with Crippen molar-refractivity contribution in [2.45, 2.75) is 30.7 Å². The lowest BCUT2D eigenvalue weighted by atomic mass is 9.98. The van der Waals surface area contributed by atoms with Gasteiger partial charge in [0, 0.05) is 18.5 Å². The molecule has 5 nitrogen and oxygen atoms in total. The lowest BCUT2D eigenvalue weighted by molar-refractivity contribution is -0.134. The van der Waals surface area contributed by atoms with Crippen LogP contribution in [0.2, 0.25) is 0 Å². The van der Waals surface area contributed by atoms with E-state index in [4.69, 9.17) is 0 Å². The highest BCUT2D eigenvalue weighted by atomic mass is 32.2. The van der Waals surface area contributed by atoms with Crippen molar-refractivity contribution in [2.75, 3.05) is 20.1 Å². The maximum absolute atomic E-state index is 13.0. The third-order valence-electron chi connectivity index (χ3n) is 4.68. The summed E-state index contributed by atoms with van der Waals surface area (Å²) in [7, 11) is -2.47. The average molecular weight is 397 g/mol. The standard InChI is InChI=1S/C18H21FN2O3S2/c1-3-16-15-9-11-25-17(15)8-10-21(16)18(22)12-20(2)26(23,24)14-6-4-13(19)5-7-14/h4-7,9,11,16H,3,8,10,12H2,1-2H3/t16-/m0/s1. The summed E-state index contributed by atoms with van der Waals surface area (Å²) in [6.45, 7) is 2.38. The molecule has 1 atom stereocenters. The zero-order valence-electron chi connectivity index (χ0n) is 14.7. The highest BCUT2D eigenvalue weighted by Crippen LogP contribution is 2.35. The molecule has 26 heavy (non-hydrogen) atoms. The van der Waals surface area contributed by atoms with Crippen molar-refractivity contribution in [1.82, 2.24) is 9.21 Å². The molecule has 8 heteroatoms. The highest BCUT2D eigenvalue weighted by molar-refractivity contribution is 7.89. The molecule has 1 aliphatic heterocycles. The number of sulfonamides is 1. The van der Waals surface area contributed by atoms with Crippen molar-refractivity contribution in [3.63, 3.8) is 0 Å². The predicted octanol–water partition coefficient (Wildman–Crippen LogP) is 3.04. The van der Waals surface area contributed by atoms with Crippen LogP contribution in [0.25, 0.3) is 0 Å². The van der Waals surface area contributed by atoms with Gasteiger partial charge in [-0.3, -0.25) is 4.79 Å². The summed E-state index contributed by atoms with van der Waals surface area (Å²) in [6.07, 6.45) is 1.58. The Bertz CT molecular complexity index is 893. The Morgan fingerprint density at radius 1 is 1.31 bits per heavy atom. The van der Waals surface area contributed by atoms with Gasteiger partial charge in [0.1, 0.15) is 5.82 Å². The van der Waals surface area contributed by atoms with Crippen molar-refractivity contribution >= 4 is 27.3 Å². The maximum atomic E-state index is 13.0. The van der Waals surface area contributed by atoms with Gasteiger partial charge in [-0.05, 0) is 54.1 Å². The number of thiophene rings is 1. The molecular weight excluding hydrogens is 375 g/mol. The Hall–Kier alpha value is -1.77. The molecular formula is C18H21FN2O3S2. The molecule has 140 valence electrons. The minimum atomic E-state index is -3.84. The van der Waals surface area contributed by atoms with Crippen molar-refractivity contribution in [3.05, 3.63) is 52.0 Å². The fraction of sp³-hybridized carbons (Fsp3) is 0.389. The van der Waals surface area contributed by atoms with E-state index in [0.717, 1.165) is 29.3 Å². The highest BCUT2D eigenvalue weighted by Gasteiger charge is 2.32. The Kier molecular flexibility index (Phi) is 5.45. The Labute approximate surface area is 157 Å². The zero-order valence-corrected chi connectivity index (χ0v) is 16.3. The molecule has 0 aliphatic carbocycles. The molecule has 0 bridgehead atoms. The number of hydrogen-bond donors (Lipinski definition) is 0. The first-order valence-electron chi connectivity index (χ1n) is 8.42. The average Bonchev–Trinajstić information content (AvgIpc) is 3.09. The van der Waals surface area contributed by atoms with E-state index in [2.05, 4.69) is 0 Å². The molecule has 1 aromatic heterocycles. The van der Waals surface area contributed by atoms with Gasteiger partial charge < -0.3 is 4.90 Å². The van der Waals surface area contributed by atoms with Gasteiger partial charge in [-0.2, -0.15) is 4.31 Å². The Morgan fingerprint density at radius 3 is 2.65 bits per heavy atom. The summed E-state index contributed by atoms with van der Waals surface area (Å²) in [5.74, 6) is -0.727. The molecule has 2 aromatic rings. The topological polar surface area (TPSA) is 57.7 Å². The van der Waals surface area contributed by atoms with Crippen LogP contribution in [0.4, 0.5) is 4.39 Å². The number of carbonyl (C=O) groups excluding carboxylic acids is 1. The molecule has 0 spiro atoms. The first kappa shape index (κ1) is 19.0. The van der Waals surface area contributed by atoms with Crippen LogP contribution in [0.5, 0.6) is 0 Å². The monoisotopic (exact) mass is 396 g/mol. The van der Waals surface area contributed by atoms with E-state index in [-0.39, 0.29) is 23.4 Å². The molecule has 1 aromatic carbocycles. The van der Waals surface area contributed by atoms with Gasteiger partial charge in [0.2, 0.25) is 15.9 Å². The maximum Gasteiger partial charge on any atom is 0.243 e. The molecule has 1 aliphatic rings. The predicted molar refractivity (Wildman–Crippen MR) is 99.0 cm³/mol. The quantitative estimate of drug-likeness (QED) is 0.781. The van der Waals surface area contributed by atoms with Crippen LogP contribution >= 0.6 is 11.3 Å². The van der Waals surface area contributed by atoms with Crippen LogP contribution in [-0.4, -0.2) is 43.7 Å².